The van der Waals surface area contributed by atoms with Gasteiger partial charge in [0.25, 0.3) is 0 Å². The highest BCUT2D eigenvalue weighted by molar-refractivity contribution is 5.29. The van der Waals surface area contributed by atoms with E-state index in [9.17, 15) is 0 Å². The summed E-state index contributed by atoms with van der Waals surface area (Å²) in [5.41, 5.74) is 6.73. The lowest BCUT2D eigenvalue weighted by Gasteiger charge is -2.20. The highest BCUT2D eigenvalue weighted by Gasteiger charge is 2.08. The van der Waals surface area contributed by atoms with Crippen molar-refractivity contribution >= 4 is 5.82 Å². The number of hydrogen-bond acceptors (Lipinski definition) is 3. The van der Waals surface area contributed by atoms with Crippen molar-refractivity contribution in [2.24, 2.45) is 7.05 Å². The molecule has 1 aromatic heterocycles. The first-order valence-corrected chi connectivity index (χ1v) is 4.49. The van der Waals surface area contributed by atoms with E-state index in [1.54, 1.807) is 0 Å². The van der Waals surface area contributed by atoms with Crippen LogP contribution in [0.25, 0.3) is 0 Å². The average molecular weight is 182 g/mol. The highest BCUT2D eigenvalue weighted by atomic mass is 15.3. The fourth-order valence-corrected chi connectivity index (χ4v) is 1.12. The largest absolute Gasteiger partial charge is 0.382 e. The van der Waals surface area contributed by atoms with Gasteiger partial charge in [-0.3, -0.25) is 9.58 Å². The lowest BCUT2D eigenvalue weighted by molar-refractivity contribution is 0.259. The first-order valence-electron chi connectivity index (χ1n) is 4.49. The second-order valence-electron chi connectivity index (χ2n) is 3.69. The van der Waals surface area contributed by atoms with Crippen LogP contribution < -0.4 is 5.73 Å². The Bertz CT molecular complexity index is 277. The molecule has 0 radical (unpaired) electrons. The van der Waals surface area contributed by atoms with Gasteiger partial charge in [-0.2, -0.15) is 5.10 Å². The molecule has 0 aliphatic heterocycles. The van der Waals surface area contributed by atoms with Gasteiger partial charge in [-0.1, -0.05) is 0 Å². The molecule has 0 saturated heterocycles. The Morgan fingerprint density at radius 3 is 2.62 bits per heavy atom. The van der Waals surface area contributed by atoms with E-state index in [1.165, 1.54) is 0 Å². The molecule has 13 heavy (non-hydrogen) atoms. The fourth-order valence-electron chi connectivity index (χ4n) is 1.12. The lowest BCUT2D eigenvalue weighted by atomic mass is 10.3. The molecular formula is C9H18N4. The van der Waals surface area contributed by atoms with Crippen LogP contribution in [-0.2, 0) is 13.6 Å². The third-order valence-electron chi connectivity index (χ3n) is 2.29. The molecule has 0 atom stereocenters. The number of anilines is 1. The molecule has 0 saturated carbocycles. The number of nitrogens with two attached hydrogens (primary N) is 1. The second kappa shape index (κ2) is 3.79. The van der Waals surface area contributed by atoms with Crippen molar-refractivity contribution in [3.05, 3.63) is 11.8 Å². The molecule has 0 aliphatic carbocycles. The van der Waals surface area contributed by atoms with E-state index in [0.717, 1.165) is 12.2 Å². The van der Waals surface area contributed by atoms with E-state index < -0.39 is 0 Å². The normalized spacial score (nSPS) is 11.5. The van der Waals surface area contributed by atoms with Gasteiger partial charge in [0.15, 0.2) is 0 Å². The van der Waals surface area contributed by atoms with Crippen LogP contribution in [0.4, 0.5) is 5.82 Å². The molecule has 0 aromatic carbocycles. The number of aromatic nitrogens is 2. The minimum atomic E-state index is 0.538. The molecule has 4 nitrogen and oxygen atoms in total. The van der Waals surface area contributed by atoms with Gasteiger partial charge < -0.3 is 5.73 Å². The SMILES string of the molecule is CC(C)N(C)Cc1cc(N)nn1C. The van der Waals surface area contributed by atoms with E-state index >= 15 is 0 Å². The topological polar surface area (TPSA) is 47.1 Å². The summed E-state index contributed by atoms with van der Waals surface area (Å²) in [6, 6.07) is 2.45. The molecule has 74 valence electrons. The number of nitrogens with zero attached hydrogens (tertiary/aromatic N) is 3. The Kier molecular flexibility index (Phi) is 2.93. The molecule has 2 N–H and O–H groups in total. The summed E-state index contributed by atoms with van der Waals surface area (Å²) in [4.78, 5) is 2.25. The molecule has 0 bridgehead atoms. The summed E-state index contributed by atoms with van der Waals surface area (Å²) in [6.45, 7) is 5.22. The predicted octanol–water partition coefficient (Wildman–Crippen LogP) is 0.842. The molecule has 1 rings (SSSR count). The first-order chi connectivity index (χ1) is 6.00. The van der Waals surface area contributed by atoms with Crippen LogP contribution >= 0.6 is 0 Å². The van der Waals surface area contributed by atoms with Crippen LogP contribution in [0.15, 0.2) is 6.07 Å². The van der Waals surface area contributed by atoms with Crippen LogP contribution in [0.1, 0.15) is 19.5 Å². The molecule has 0 aliphatic rings. The molecule has 1 aromatic rings. The Balaban J connectivity index is 2.68. The van der Waals surface area contributed by atoms with Gasteiger partial charge in [0.1, 0.15) is 5.82 Å². The summed E-state index contributed by atoms with van der Waals surface area (Å²) in [5.74, 6) is 0.592. The monoisotopic (exact) mass is 182 g/mol. The summed E-state index contributed by atoms with van der Waals surface area (Å²) in [6.07, 6.45) is 0. The molecule has 0 amide bonds. The lowest BCUT2D eigenvalue weighted by Crippen LogP contribution is -2.26. The van der Waals surface area contributed by atoms with Crippen molar-refractivity contribution in [3.8, 4) is 0 Å². The van der Waals surface area contributed by atoms with Crippen molar-refractivity contribution in [2.75, 3.05) is 12.8 Å². The number of nitrogen functional groups attached to an aromatic ring is 1. The van der Waals surface area contributed by atoms with E-state index in [1.807, 2.05) is 17.8 Å². The van der Waals surface area contributed by atoms with Gasteiger partial charge in [-0.25, -0.2) is 0 Å². The summed E-state index contributed by atoms with van der Waals surface area (Å²) in [5, 5.41) is 4.09. The Morgan fingerprint density at radius 1 is 1.62 bits per heavy atom. The van der Waals surface area contributed by atoms with Crippen LogP contribution in [-0.4, -0.2) is 27.8 Å². The zero-order valence-electron chi connectivity index (χ0n) is 8.78. The van der Waals surface area contributed by atoms with Crippen LogP contribution in [0.5, 0.6) is 0 Å². The molecule has 4 heteroatoms. The molecule has 0 spiro atoms. The second-order valence-corrected chi connectivity index (χ2v) is 3.69. The fraction of sp³-hybridized carbons (Fsp3) is 0.667. The summed E-state index contributed by atoms with van der Waals surface area (Å²) >= 11 is 0. The van der Waals surface area contributed by atoms with Crippen molar-refractivity contribution in [1.29, 1.82) is 0 Å². The smallest absolute Gasteiger partial charge is 0.145 e. The van der Waals surface area contributed by atoms with Gasteiger partial charge in [-0.05, 0) is 20.9 Å². The van der Waals surface area contributed by atoms with Gasteiger partial charge in [0.05, 0.1) is 5.69 Å². The van der Waals surface area contributed by atoms with E-state index in [-0.39, 0.29) is 0 Å². The zero-order valence-corrected chi connectivity index (χ0v) is 8.78. The van der Waals surface area contributed by atoms with Gasteiger partial charge >= 0.3 is 0 Å². The Labute approximate surface area is 79.3 Å². The molecular weight excluding hydrogens is 164 g/mol. The maximum Gasteiger partial charge on any atom is 0.145 e. The summed E-state index contributed by atoms with van der Waals surface area (Å²) in [7, 11) is 4.01. The third kappa shape index (κ3) is 2.45. The quantitative estimate of drug-likeness (QED) is 0.753. The number of rotatable bonds is 3. The maximum atomic E-state index is 5.58. The maximum absolute atomic E-state index is 5.58. The van der Waals surface area contributed by atoms with Gasteiger partial charge in [-0.15, -0.1) is 0 Å². The predicted molar refractivity (Wildman–Crippen MR) is 54.2 cm³/mol. The van der Waals surface area contributed by atoms with Crippen molar-refractivity contribution in [3.63, 3.8) is 0 Å². The van der Waals surface area contributed by atoms with Gasteiger partial charge in [0, 0.05) is 25.7 Å². The van der Waals surface area contributed by atoms with E-state index in [2.05, 4.69) is 30.9 Å². The van der Waals surface area contributed by atoms with Crippen LogP contribution in [0.2, 0.25) is 0 Å². The Morgan fingerprint density at radius 2 is 2.23 bits per heavy atom. The Hall–Kier alpha value is -1.03. The summed E-state index contributed by atoms with van der Waals surface area (Å²) < 4.78 is 1.83. The van der Waals surface area contributed by atoms with E-state index in [0.29, 0.717) is 11.9 Å². The number of hydrogen-bond donors (Lipinski definition) is 1. The van der Waals surface area contributed by atoms with E-state index in [4.69, 9.17) is 5.73 Å². The van der Waals surface area contributed by atoms with Crippen LogP contribution in [0.3, 0.4) is 0 Å². The molecule has 0 fully saturated rings. The molecule has 0 unspecified atom stereocenters. The number of aryl methyl sites for hydroxylation is 1. The van der Waals surface area contributed by atoms with Crippen molar-refractivity contribution in [1.82, 2.24) is 14.7 Å². The third-order valence-corrected chi connectivity index (χ3v) is 2.29. The molecule has 1 heterocycles. The minimum Gasteiger partial charge on any atom is -0.382 e. The average Bonchev–Trinajstić information content (AvgIpc) is 2.30. The van der Waals surface area contributed by atoms with Crippen LogP contribution in [0, 0.1) is 0 Å². The highest BCUT2D eigenvalue weighted by Crippen LogP contribution is 2.08. The minimum absolute atomic E-state index is 0.538. The zero-order chi connectivity index (χ0) is 10.0. The van der Waals surface area contributed by atoms with Gasteiger partial charge in [0.2, 0.25) is 0 Å². The standard InChI is InChI=1S/C9H18N4/c1-7(2)12(3)6-8-5-9(10)11-13(8)4/h5,7H,6H2,1-4H3,(H2,10,11). The van der Waals surface area contributed by atoms with Crippen molar-refractivity contribution in [2.45, 2.75) is 26.4 Å². The first kappa shape index (κ1) is 10.1. The van der Waals surface area contributed by atoms with Crippen molar-refractivity contribution < 1.29 is 0 Å².